The number of imidazole rings is 1. The van der Waals surface area contributed by atoms with Crippen molar-refractivity contribution in [1.29, 1.82) is 0 Å². The van der Waals surface area contributed by atoms with Gasteiger partial charge in [0.25, 0.3) is 5.91 Å². The van der Waals surface area contributed by atoms with E-state index < -0.39 is 5.54 Å². The van der Waals surface area contributed by atoms with Crippen LogP contribution in [0.1, 0.15) is 67.2 Å². The first-order valence-electron chi connectivity index (χ1n) is 12.1. The van der Waals surface area contributed by atoms with Gasteiger partial charge in [-0.15, -0.1) is 0 Å². The Hall–Kier alpha value is -3.15. The topological polar surface area (TPSA) is 67.2 Å². The second-order valence-electron chi connectivity index (χ2n) is 9.82. The van der Waals surface area contributed by atoms with Crippen LogP contribution in [0.2, 0.25) is 0 Å². The Morgan fingerprint density at radius 2 is 1.76 bits per heavy atom. The number of hydrogen-bond donors (Lipinski definition) is 1. The van der Waals surface area contributed by atoms with Gasteiger partial charge < -0.3 is 14.8 Å². The maximum absolute atomic E-state index is 13.8. The summed E-state index contributed by atoms with van der Waals surface area (Å²) in [6, 6.07) is 16.1. The van der Waals surface area contributed by atoms with Crippen LogP contribution in [-0.4, -0.2) is 37.8 Å². The predicted molar refractivity (Wildman–Crippen MR) is 129 cm³/mol. The highest BCUT2D eigenvalue weighted by atomic mass is 16.2. The summed E-state index contributed by atoms with van der Waals surface area (Å²) in [6.07, 6.45) is 6.76. The summed E-state index contributed by atoms with van der Waals surface area (Å²) >= 11 is 0. The molecule has 2 aliphatic rings. The van der Waals surface area contributed by atoms with E-state index in [2.05, 4.69) is 10.3 Å². The number of rotatable bonds is 4. The fraction of sp³-hybridized carbons (Fsp3) is 0.444. The first-order valence-corrected chi connectivity index (χ1v) is 12.1. The van der Waals surface area contributed by atoms with E-state index in [0.717, 1.165) is 42.3 Å². The summed E-state index contributed by atoms with van der Waals surface area (Å²) in [5, 5.41) is 3.32. The second-order valence-corrected chi connectivity index (χ2v) is 9.82. The highest BCUT2D eigenvalue weighted by molar-refractivity contribution is 6.01. The van der Waals surface area contributed by atoms with Crippen molar-refractivity contribution in [1.82, 2.24) is 19.8 Å². The molecule has 1 N–H and O–H groups in total. The van der Waals surface area contributed by atoms with Gasteiger partial charge in [0.15, 0.2) is 5.82 Å². The maximum atomic E-state index is 13.8. The number of nitrogens with one attached hydrogen (secondary N) is 1. The molecule has 0 saturated heterocycles. The molecule has 1 unspecified atom stereocenters. The van der Waals surface area contributed by atoms with Gasteiger partial charge in [0.05, 0.1) is 17.6 Å². The molecule has 6 nitrogen and oxygen atoms in total. The van der Waals surface area contributed by atoms with Crippen LogP contribution in [0.4, 0.5) is 0 Å². The Bertz CT molecular complexity index is 1170. The fourth-order valence-electron chi connectivity index (χ4n) is 5.22. The molecule has 0 spiro atoms. The minimum atomic E-state index is -1.01. The van der Waals surface area contributed by atoms with Gasteiger partial charge in [-0.2, -0.15) is 0 Å². The summed E-state index contributed by atoms with van der Waals surface area (Å²) < 4.78 is 1.93. The van der Waals surface area contributed by atoms with E-state index in [9.17, 15) is 9.59 Å². The molecule has 6 heteroatoms. The van der Waals surface area contributed by atoms with Crippen molar-refractivity contribution in [2.24, 2.45) is 0 Å². The van der Waals surface area contributed by atoms with Crippen LogP contribution >= 0.6 is 0 Å². The molecule has 1 aromatic heterocycles. The van der Waals surface area contributed by atoms with Crippen molar-refractivity contribution < 1.29 is 9.59 Å². The van der Waals surface area contributed by atoms with Crippen molar-refractivity contribution in [3.8, 4) is 0 Å². The third-order valence-corrected chi connectivity index (χ3v) is 7.29. The van der Waals surface area contributed by atoms with E-state index >= 15 is 0 Å². The van der Waals surface area contributed by atoms with E-state index in [1.165, 1.54) is 18.4 Å². The van der Waals surface area contributed by atoms with E-state index in [1.54, 1.807) is 4.90 Å². The number of benzene rings is 2. The lowest BCUT2D eigenvalue weighted by Gasteiger charge is -2.44. The summed E-state index contributed by atoms with van der Waals surface area (Å²) in [5.41, 5.74) is 2.84. The molecule has 1 atom stereocenters. The zero-order chi connectivity index (χ0) is 23.0. The van der Waals surface area contributed by atoms with E-state index in [-0.39, 0.29) is 17.9 Å². The van der Waals surface area contributed by atoms with Crippen molar-refractivity contribution in [3.05, 3.63) is 65.5 Å². The van der Waals surface area contributed by atoms with Crippen LogP contribution in [-0.2, 0) is 17.9 Å². The van der Waals surface area contributed by atoms with Crippen LogP contribution < -0.4 is 5.32 Å². The average Bonchev–Trinajstić information content (AvgIpc) is 2.98. The van der Waals surface area contributed by atoms with Crippen molar-refractivity contribution in [2.45, 2.75) is 77.0 Å². The molecular weight excluding hydrogens is 412 g/mol. The van der Waals surface area contributed by atoms with Gasteiger partial charge in [-0.05, 0) is 44.4 Å². The molecule has 1 aliphatic carbocycles. The molecule has 2 amide bonds. The minimum Gasteiger partial charge on any atom is -0.351 e. The number of hydrogen-bond acceptors (Lipinski definition) is 3. The molecule has 172 valence electrons. The third-order valence-electron chi connectivity index (χ3n) is 7.29. The van der Waals surface area contributed by atoms with Crippen molar-refractivity contribution in [3.63, 3.8) is 0 Å². The number of carbonyl (C=O) groups is 2. The Morgan fingerprint density at radius 1 is 1.06 bits per heavy atom. The number of amides is 2. The Labute approximate surface area is 195 Å². The molecular formula is C27H32N4O2. The third kappa shape index (κ3) is 4.03. The van der Waals surface area contributed by atoms with Crippen LogP contribution in [0.25, 0.3) is 11.0 Å². The van der Waals surface area contributed by atoms with E-state index in [4.69, 9.17) is 0 Å². The first kappa shape index (κ1) is 21.7. The first-order chi connectivity index (χ1) is 16.0. The molecule has 5 rings (SSSR count). The number of fused-ring (bicyclic) bond motifs is 3. The minimum absolute atomic E-state index is 0.0710. The fourth-order valence-corrected chi connectivity index (χ4v) is 5.22. The Kier molecular flexibility index (Phi) is 5.69. The zero-order valence-electron chi connectivity index (χ0n) is 19.5. The molecule has 3 aromatic rings. The molecule has 0 bridgehead atoms. The van der Waals surface area contributed by atoms with Gasteiger partial charge in [-0.1, -0.05) is 67.6 Å². The van der Waals surface area contributed by atoms with Crippen molar-refractivity contribution in [2.75, 3.05) is 0 Å². The van der Waals surface area contributed by atoms with Gasteiger partial charge in [0, 0.05) is 12.6 Å². The summed E-state index contributed by atoms with van der Waals surface area (Å²) in [5.74, 6) is 0.137. The van der Waals surface area contributed by atoms with E-state index in [1.807, 2.05) is 66.9 Å². The Balaban J connectivity index is 1.53. The highest BCUT2D eigenvalue weighted by Gasteiger charge is 2.48. The smallest absolute Gasteiger partial charge is 0.291 e. The SMILES string of the molecule is Cc1ccc(CN2C(=O)c3nc4ccccc4n3CC2(C)C(=O)NC2CCCCCC2)cc1. The molecule has 0 radical (unpaired) electrons. The number of carbonyl (C=O) groups excluding carboxylic acids is 2. The lowest BCUT2D eigenvalue weighted by atomic mass is 9.93. The largest absolute Gasteiger partial charge is 0.351 e. The molecule has 1 fully saturated rings. The monoisotopic (exact) mass is 444 g/mol. The number of para-hydroxylation sites is 2. The quantitative estimate of drug-likeness (QED) is 0.598. The number of aromatic nitrogens is 2. The van der Waals surface area contributed by atoms with Gasteiger partial charge >= 0.3 is 0 Å². The molecule has 1 saturated carbocycles. The van der Waals surface area contributed by atoms with Crippen LogP contribution in [0.3, 0.4) is 0 Å². The van der Waals surface area contributed by atoms with Gasteiger partial charge in [-0.3, -0.25) is 9.59 Å². The van der Waals surface area contributed by atoms with Gasteiger partial charge in [0.2, 0.25) is 5.91 Å². The van der Waals surface area contributed by atoms with E-state index in [0.29, 0.717) is 18.9 Å². The Morgan fingerprint density at radius 3 is 2.48 bits per heavy atom. The lowest BCUT2D eigenvalue weighted by molar-refractivity contribution is -0.134. The van der Waals surface area contributed by atoms with Gasteiger partial charge in [0.1, 0.15) is 5.54 Å². The lowest BCUT2D eigenvalue weighted by Crippen LogP contribution is -2.64. The average molecular weight is 445 g/mol. The van der Waals surface area contributed by atoms with Gasteiger partial charge in [-0.25, -0.2) is 4.98 Å². The summed E-state index contributed by atoms with van der Waals surface area (Å²) in [7, 11) is 0. The maximum Gasteiger partial charge on any atom is 0.291 e. The normalized spacial score (nSPS) is 21.6. The zero-order valence-corrected chi connectivity index (χ0v) is 19.5. The van der Waals surface area contributed by atoms with Crippen LogP contribution in [0, 0.1) is 6.92 Å². The molecule has 33 heavy (non-hydrogen) atoms. The molecule has 1 aliphatic heterocycles. The van der Waals surface area contributed by atoms with Crippen LogP contribution in [0.15, 0.2) is 48.5 Å². The number of nitrogens with zero attached hydrogens (tertiary/aromatic N) is 3. The van der Waals surface area contributed by atoms with Crippen LogP contribution in [0.5, 0.6) is 0 Å². The standard InChI is InChI=1S/C27H32N4O2/c1-19-13-15-20(16-14-19)17-31-25(32)24-29-22-11-7-8-12-23(22)30(24)18-27(31,2)26(33)28-21-9-5-3-4-6-10-21/h7-8,11-16,21H,3-6,9-10,17-18H2,1-2H3,(H,28,33). The molecule has 2 aromatic carbocycles. The second kappa shape index (κ2) is 8.65. The summed E-state index contributed by atoms with van der Waals surface area (Å²) in [4.78, 5) is 34.0. The van der Waals surface area contributed by atoms with Crippen molar-refractivity contribution >= 4 is 22.8 Å². The summed E-state index contributed by atoms with van der Waals surface area (Å²) in [6.45, 7) is 4.71. The molecule has 2 heterocycles. The highest BCUT2D eigenvalue weighted by Crippen LogP contribution is 2.32. The number of aryl methyl sites for hydroxylation is 1. The predicted octanol–water partition coefficient (Wildman–Crippen LogP) is 4.60.